The number of halogens is 2. The number of furan rings is 1. The minimum Gasteiger partial charge on any atom is -0.457 e. The number of ether oxygens (including phenoxy) is 1. The number of ketones is 1. The number of esters is 1. The SMILES string of the molecule is O=C(CN(C(=O)c1ccc(Cl)c(Cl)c1)N1C(=O)[C@@H]2[C@H]3C=C[C@@H]([C@@H]4C[C@H]34)[C@H]2C1=O)c1ccc(OC(=O)c2ccco2)cc1. The molecule has 3 aromatic rings. The van der Waals surface area contributed by atoms with Crippen LogP contribution in [0.5, 0.6) is 5.75 Å². The van der Waals surface area contributed by atoms with E-state index in [2.05, 4.69) is 0 Å². The fraction of sp³-hybridized carbons (Fsp3) is 0.258. The zero-order valence-corrected chi connectivity index (χ0v) is 23.3. The van der Waals surface area contributed by atoms with E-state index in [1.54, 1.807) is 6.07 Å². The molecule has 3 amide bonds. The molecule has 1 aliphatic heterocycles. The number of hydrazine groups is 1. The Kier molecular flexibility index (Phi) is 6.32. The first-order valence-electron chi connectivity index (χ1n) is 13.4. The van der Waals surface area contributed by atoms with Crippen LogP contribution in [0.1, 0.15) is 37.7 Å². The van der Waals surface area contributed by atoms with Crippen molar-refractivity contribution in [2.75, 3.05) is 6.54 Å². The minimum absolute atomic E-state index is 0.0214. The molecule has 4 aliphatic carbocycles. The molecule has 11 heteroatoms. The van der Waals surface area contributed by atoms with Crippen LogP contribution in [0, 0.1) is 35.5 Å². The van der Waals surface area contributed by atoms with Gasteiger partial charge in [0.25, 0.3) is 17.7 Å². The molecule has 42 heavy (non-hydrogen) atoms. The van der Waals surface area contributed by atoms with Crippen LogP contribution in [0.15, 0.2) is 77.4 Å². The molecule has 2 aromatic carbocycles. The van der Waals surface area contributed by atoms with Crippen LogP contribution >= 0.6 is 23.2 Å². The van der Waals surface area contributed by atoms with E-state index >= 15 is 0 Å². The fourth-order valence-corrected chi connectivity index (χ4v) is 6.98. The van der Waals surface area contributed by atoms with Crippen LogP contribution in [0.2, 0.25) is 10.0 Å². The van der Waals surface area contributed by atoms with Crippen molar-refractivity contribution in [3.63, 3.8) is 0 Å². The third kappa shape index (κ3) is 4.26. The number of benzene rings is 2. The summed E-state index contributed by atoms with van der Waals surface area (Å²) in [6.45, 7) is -0.586. The normalized spacial score (nSPS) is 26.6. The Hall–Kier alpha value is -4.21. The lowest BCUT2D eigenvalue weighted by Crippen LogP contribution is -2.52. The lowest BCUT2D eigenvalue weighted by molar-refractivity contribution is -0.154. The van der Waals surface area contributed by atoms with E-state index in [4.69, 9.17) is 32.4 Å². The number of rotatable bonds is 7. The van der Waals surface area contributed by atoms with E-state index in [1.165, 1.54) is 54.8 Å². The summed E-state index contributed by atoms with van der Waals surface area (Å²) in [6, 6.07) is 12.9. The molecule has 0 N–H and O–H groups in total. The lowest BCUT2D eigenvalue weighted by atomic mass is 9.63. The van der Waals surface area contributed by atoms with Gasteiger partial charge in [-0.25, -0.2) is 9.80 Å². The highest BCUT2D eigenvalue weighted by Gasteiger charge is 2.68. The van der Waals surface area contributed by atoms with Gasteiger partial charge in [0, 0.05) is 11.1 Å². The summed E-state index contributed by atoms with van der Waals surface area (Å²) < 4.78 is 10.3. The van der Waals surface area contributed by atoms with Crippen molar-refractivity contribution in [3.8, 4) is 5.75 Å². The fourth-order valence-electron chi connectivity index (χ4n) is 6.68. The molecule has 0 unspecified atom stereocenters. The maximum absolute atomic E-state index is 13.8. The molecule has 0 spiro atoms. The predicted octanol–water partition coefficient (Wildman–Crippen LogP) is 5.10. The molecule has 1 saturated heterocycles. The third-order valence-corrected chi connectivity index (χ3v) is 9.42. The molecular formula is C31H22Cl2N2O7. The molecule has 2 bridgehead atoms. The number of carbonyl (C=O) groups is 5. The van der Waals surface area contributed by atoms with Crippen LogP contribution in [0.25, 0.3) is 0 Å². The Morgan fingerprint density at radius 2 is 1.52 bits per heavy atom. The Morgan fingerprint density at radius 1 is 0.881 bits per heavy atom. The zero-order valence-electron chi connectivity index (χ0n) is 21.8. The lowest BCUT2D eigenvalue weighted by Gasteiger charge is -2.37. The first kappa shape index (κ1) is 26.7. The molecule has 3 fully saturated rings. The van der Waals surface area contributed by atoms with E-state index < -0.39 is 47.9 Å². The van der Waals surface area contributed by atoms with Gasteiger partial charge in [-0.1, -0.05) is 35.4 Å². The Balaban J connectivity index is 1.17. The number of allylic oxidation sites excluding steroid dienone is 2. The molecule has 0 radical (unpaired) electrons. The summed E-state index contributed by atoms with van der Waals surface area (Å²) in [7, 11) is 0. The maximum Gasteiger partial charge on any atom is 0.379 e. The van der Waals surface area contributed by atoms with Gasteiger partial charge in [-0.3, -0.25) is 19.2 Å². The molecular weight excluding hydrogens is 583 g/mol. The van der Waals surface area contributed by atoms with Gasteiger partial charge in [0.2, 0.25) is 5.76 Å². The van der Waals surface area contributed by atoms with E-state index in [0.29, 0.717) is 11.8 Å². The second kappa shape index (κ2) is 9.96. The molecule has 8 rings (SSSR count). The number of hydrogen-bond donors (Lipinski definition) is 0. The Bertz CT molecular complexity index is 1650. The Morgan fingerprint density at radius 3 is 2.12 bits per heavy atom. The monoisotopic (exact) mass is 604 g/mol. The quantitative estimate of drug-likeness (QED) is 0.121. The van der Waals surface area contributed by atoms with Crippen LogP contribution in [0.3, 0.4) is 0 Å². The van der Waals surface area contributed by atoms with E-state index in [1.807, 2.05) is 12.2 Å². The molecule has 2 saturated carbocycles. The summed E-state index contributed by atoms with van der Waals surface area (Å²) in [5, 5.41) is 2.13. The van der Waals surface area contributed by atoms with Crippen LogP contribution in [-0.4, -0.2) is 46.0 Å². The van der Waals surface area contributed by atoms with Gasteiger partial charge >= 0.3 is 5.97 Å². The number of carbonyl (C=O) groups excluding carboxylic acids is 5. The van der Waals surface area contributed by atoms with E-state index in [-0.39, 0.29) is 44.5 Å². The predicted molar refractivity (Wildman–Crippen MR) is 148 cm³/mol. The second-order valence-corrected chi connectivity index (χ2v) is 11.8. The van der Waals surface area contributed by atoms with Gasteiger partial charge in [-0.15, -0.1) is 0 Å². The zero-order chi connectivity index (χ0) is 29.3. The average Bonchev–Trinajstić information content (AvgIpc) is 3.56. The van der Waals surface area contributed by atoms with Crippen molar-refractivity contribution in [2.24, 2.45) is 35.5 Å². The second-order valence-electron chi connectivity index (χ2n) is 10.9. The summed E-state index contributed by atoms with van der Waals surface area (Å²) in [4.78, 5) is 67.2. The number of nitrogens with zero attached hydrogens (tertiary/aromatic N) is 2. The number of amides is 3. The summed E-state index contributed by atoms with van der Waals surface area (Å²) in [5.74, 6) is -3.21. The van der Waals surface area contributed by atoms with Crippen molar-refractivity contribution >= 4 is 52.7 Å². The van der Waals surface area contributed by atoms with Gasteiger partial charge < -0.3 is 9.15 Å². The van der Waals surface area contributed by atoms with E-state index in [0.717, 1.165) is 16.4 Å². The number of hydrogen-bond acceptors (Lipinski definition) is 7. The standard InChI is InChI=1S/C31H22Cl2N2O7/c32-22-10-5-16(12-23(22)33)28(37)34(35-29(38)26-18-8-9-19(21-13-20(18)21)27(26)30(35)39)14-24(36)15-3-6-17(7-4-15)42-31(40)25-2-1-11-41-25/h1-12,18-21,26-27H,13-14H2/t18-,19-,20-,21+,26+,27+/m0/s1. The molecule has 9 nitrogen and oxygen atoms in total. The van der Waals surface area contributed by atoms with Crippen molar-refractivity contribution < 1.29 is 33.1 Å². The smallest absolute Gasteiger partial charge is 0.379 e. The van der Waals surface area contributed by atoms with Crippen molar-refractivity contribution in [1.82, 2.24) is 10.0 Å². The van der Waals surface area contributed by atoms with Crippen molar-refractivity contribution in [2.45, 2.75) is 6.42 Å². The number of imide groups is 1. The van der Waals surface area contributed by atoms with Crippen molar-refractivity contribution in [1.29, 1.82) is 0 Å². The van der Waals surface area contributed by atoms with Crippen LogP contribution < -0.4 is 4.74 Å². The minimum atomic E-state index is -0.739. The first-order chi connectivity index (χ1) is 20.2. The average molecular weight is 605 g/mol. The largest absolute Gasteiger partial charge is 0.457 e. The molecule has 2 heterocycles. The highest BCUT2D eigenvalue weighted by atomic mass is 35.5. The molecule has 1 aromatic heterocycles. The summed E-state index contributed by atoms with van der Waals surface area (Å²) >= 11 is 12.2. The number of Topliss-reactive ketones (excluding diaryl/α,β-unsaturated/α-hetero) is 1. The van der Waals surface area contributed by atoms with Gasteiger partial charge in [-0.2, -0.15) is 5.01 Å². The van der Waals surface area contributed by atoms with Crippen molar-refractivity contribution in [3.05, 3.63) is 99.9 Å². The summed E-state index contributed by atoms with van der Waals surface area (Å²) in [5.41, 5.74) is 0.246. The molecule has 6 atom stereocenters. The van der Waals surface area contributed by atoms with E-state index in [9.17, 15) is 24.0 Å². The van der Waals surface area contributed by atoms with Crippen LogP contribution in [0.4, 0.5) is 0 Å². The Labute approximate surface area is 249 Å². The highest BCUT2D eigenvalue weighted by Crippen LogP contribution is 2.65. The maximum atomic E-state index is 13.8. The van der Waals surface area contributed by atoms with Gasteiger partial charge in [0.05, 0.1) is 28.1 Å². The molecule has 5 aliphatic rings. The van der Waals surface area contributed by atoms with Gasteiger partial charge in [0.15, 0.2) is 5.78 Å². The third-order valence-electron chi connectivity index (χ3n) is 8.68. The topological polar surface area (TPSA) is 114 Å². The van der Waals surface area contributed by atoms with Gasteiger partial charge in [-0.05, 0) is 84.7 Å². The van der Waals surface area contributed by atoms with Crippen LogP contribution in [-0.2, 0) is 9.59 Å². The van der Waals surface area contributed by atoms with Gasteiger partial charge in [0.1, 0.15) is 12.3 Å². The first-order valence-corrected chi connectivity index (χ1v) is 14.2. The molecule has 212 valence electrons. The summed E-state index contributed by atoms with van der Waals surface area (Å²) in [6.07, 6.45) is 6.40. The highest BCUT2D eigenvalue weighted by molar-refractivity contribution is 6.42.